The fraction of sp³-hybridized carbons (Fsp3) is 0.269. The van der Waals surface area contributed by atoms with Gasteiger partial charge < -0.3 is 11.1 Å². The molecule has 0 unspecified atom stereocenters. The van der Waals surface area contributed by atoms with Crippen molar-refractivity contribution in [2.24, 2.45) is 0 Å². The lowest BCUT2D eigenvalue weighted by atomic mass is 9.96. The number of hydrogen-bond donors (Lipinski definition) is 2. The van der Waals surface area contributed by atoms with Crippen LogP contribution in [0, 0.1) is 0 Å². The highest BCUT2D eigenvalue weighted by molar-refractivity contribution is 5.99. The Hall–Kier alpha value is -3.15. The molecule has 3 aromatic carbocycles. The zero-order chi connectivity index (χ0) is 21.5. The van der Waals surface area contributed by atoms with Crippen molar-refractivity contribution in [3.05, 3.63) is 102 Å². The number of anilines is 1. The molecule has 0 bridgehead atoms. The van der Waals surface area contributed by atoms with Gasteiger partial charge >= 0.3 is 0 Å². The van der Waals surface area contributed by atoms with E-state index in [2.05, 4.69) is 75.8 Å². The minimum Gasteiger partial charge on any atom is -0.398 e. The summed E-state index contributed by atoms with van der Waals surface area (Å²) in [5.74, 6) is -0.107. The number of carbonyl (C=O) groups excluding carboxylic acids is 1. The molecule has 1 heterocycles. The van der Waals surface area contributed by atoms with E-state index in [1.165, 1.54) is 11.1 Å². The molecule has 1 saturated heterocycles. The molecule has 0 atom stereocenters. The summed E-state index contributed by atoms with van der Waals surface area (Å²) in [6.45, 7) is 5.42. The summed E-state index contributed by atoms with van der Waals surface area (Å²) < 4.78 is 0. The smallest absolute Gasteiger partial charge is 0.253 e. The van der Waals surface area contributed by atoms with Crippen molar-refractivity contribution in [1.29, 1.82) is 0 Å². The number of benzene rings is 3. The van der Waals surface area contributed by atoms with Gasteiger partial charge in [-0.15, -0.1) is 0 Å². The van der Waals surface area contributed by atoms with E-state index in [9.17, 15) is 4.79 Å². The van der Waals surface area contributed by atoms with Crippen molar-refractivity contribution in [1.82, 2.24) is 15.1 Å². The number of para-hydroxylation sites is 1. The number of rotatable bonds is 7. The van der Waals surface area contributed by atoms with Gasteiger partial charge in [-0.05, 0) is 23.3 Å². The topological polar surface area (TPSA) is 61.6 Å². The van der Waals surface area contributed by atoms with Crippen LogP contribution in [0.2, 0.25) is 0 Å². The predicted molar refractivity (Wildman–Crippen MR) is 126 cm³/mol. The molecule has 0 aromatic heterocycles. The van der Waals surface area contributed by atoms with Crippen LogP contribution in [-0.4, -0.2) is 55.0 Å². The number of hydrogen-bond acceptors (Lipinski definition) is 4. The van der Waals surface area contributed by atoms with Gasteiger partial charge in [0.2, 0.25) is 0 Å². The second-order valence-corrected chi connectivity index (χ2v) is 7.94. The van der Waals surface area contributed by atoms with E-state index < -0.39 is 0 Å². The molecule has 1 amide bonds. The molecule has 5 nitrogen and oxygen atoms in total. The molecule has 0 saturated carbocycles. The largest absolute Gasteiger partial charge is 0.398 e. The van der Waals surface area contributed by atoms with Crippen molar-refractivity contribution in [3.8, 4) is 0 Å². The maximum atomic E-state index is 12.3. The molecule has 1 aliphatic heterocycles. The Balaban J connectivity index is 1.32. The highest BCUT2D eigenvalue weighted by Gasteiger charge is 2.26. The van der Waals surface area contributed by atoms with Crippen LogP contribution in [0.25, 0.3) is 0 Å². The van der Waals surface area contributed by atoms with Crippen molar-refractivity contribution in [2.75, 3.05) is 45.0 Å². The van der Waals surface area contributed by atoms with Gasteiger partial charge in [0.25, 0.3) is 5.91 Å². The molecule has 3 aromatic rings. The summed E-state index contributed by atoms with van der Waals surface area (Å²) in [4.78, 5) is 17.3. The number of nitrogen functional groups attached to an aromatic ring is 1. The standard InChI is InChI=1S/C26H30N4O/c27-24-14-8-7-13-23(24)26(31)28-15-16-29-17-19-30(20-18-29)25(21-9-3-1-4-10-21)22-11-5-2-6-12-22/h1-14,25H,15-20,27H2,(H,28,31). The van der Waals surface area contributed by atoms with Gasteiger partial charge in [0.1, 0.15) is 0 Å². The molecule has 3 N–H and O–H groups in total. The summed E-state index contributed by atoms with van der Waals surface area (Å²) in [7, 11) is 0. The maximum absolute atomic E-state index is 12.3. The lowest BCUT2D eigenvalue weighted by Gasteiger charge is -2.39. The molecule has 0 radical (unpaired) electrons. The van der Waals surface area contributed by atoms with Crippen LogP contribution in [0.4, 0.5) is 5.69 Å². The minimum atomic E-state index is -0.107. The normalized spacial score (nSPS) is 15.1. The van der Waals surface area contributed by atoms with E-state index in [-0.39, 0.29) is 11.9 Å². The second-order valence-electron chi connectivity index (χ2n) is 7.94. The molecule has 5 heteroatoms. The molecule has 31 heavy (non-hydrogen) atoms. The number of nitrogens with zero attached hydrogens (tertiary/aromatic N) is 2. The second kappa shape index (κ2) is 10.2. The first-order chi connectivity index (χ1) is 15.2. The van der Waals surface area contributed by atoms with Crippen LogP contribution in [0.3, 0.4) is 0 Å². The first-order valence-electron chi connectivity index (χ1n) is 10.9. The van der Waals surface area contributed by atoms with Gasteiger partial charge in [-0.25, -0.2) is 0 Å². The van der Waals surface area contributed by atoms with Gasteiger partial charge in [0, 0.05) is 45.0 Å². The number of nitrogens with two attached hydrogens (primary N) is 1. The Morgan fingerprint density at radius 1 is 0.806 bits per heavy atom. The molecule has 1 aliphatic rings. The monoisotopic (exact) mass is 414 g/mol. The highest BCUT2D eigenvalue weighted by atomic mass is 16.1. The first-order valence-corrected chi connectivity index (χ1v) is 10.9. The Kier molecular flexibility index (Phi) is 6.97. The molecule has 0 spiro atoms. The van der Waals surface area contributed by atoms with Crippen LogP contribution < -0.4 is 11.1 Å². The van der Waals surface area contributed by atoms with Crippen LogP contribution in [-0.2, 0) is 0 Å². The Morgan fingerprint density at radius 2 is 1.35 bits per heavy atom. The van der Waals surface area contributed by atoms with Gasteiger partial charge in [-0.1, -0.05) is 72.8 Å². The average molecular weight is 415 g/mol. The third-order valence-corrected chi connectivity index (χ3v) is 5.92. The summed E-state index contributed by atoms with van der Waals surface area (Å²) in [6.07, 6.45) is 0. The highest BCUT2D eigenvalue weighted by Crippen LogP contribution is 2.29. The third kappa shape index (κ3) is 5.32. The zero-order valence-electron chi connectivity index (χ0n) is 17.8. The van der Waals surface area contributed by atoms with Crippen LogP contribution in [0.5, 0.6) is 0 Å². The Labute approximate surface area is 184 Å². The van der Waals surface area contributed by atoms with Crippen molar-refractivity contribution < 1.29 is 4.79 Å². The molecule has 0 aliphatic carbocycles. The van der Waals surface area contributed by atoms with E-state index in [4.69, 9.17) is 5.73 Å². The minimum absolute atomic E-state index is 0.107. The Morgan fingerprint density at radius 3 is 1.94 bits per heavy atom. The van der Waals surface area contributed by atoms with E-state index in [1.807, 2.05) is 12.1 Å². The average Bonchev–Trinajstić information content (AvgIpc) is 2.82. The molecule has 160 valence electrons. The van der Waals surface area contributed by atoms with E-state index in [0.717, 1.165) is 32.7 Å². The number of carbonyl (C=O) groups is 1. The molecule has 1 fully saturated rings. The van der Waals surface area contributed by atoms with E-state index >= 15 is 0 Å². The number of amides is 1. The van der Waals surface area contributed by atoms with Crippen molar-refractivity contribution in [2.45, 2.75) is 6.04 Å². The summed E-state index contributed by atoms with van der Waals surface area (Å²) in [5, 5.41) is 3.00. The summed E-state index contributed by atoms with van der Waals surface area (Å²) in [6, 6.07) is 28.9. The quantitative estimate of drug-likeness (QED) is 0.582. The number of piperazine rings is 1. The van der Waals surface area contributed by atoms with Gasteiger partial charge in [0.05, 0.1) is 11.6 Å². The predicted octanol–water partition coefficient (Wildman–Crippen LogP) is 3.41. The van der Waals surface area contributed by atoms with E-state index in [1.54, 1.807) is 12.1 Å². The van der Waals surface area contributed by atoms with E-state index in [0.29, 0.717) is 17.8 Å². The summed E-state index contributed by atoms with van der Waals surface area (Å²) >= 11 is 0. The third-order valence-electron chi connectivity index (χ3n) is 5.92. The van der Waals surface area contributed by atoms with Crippen molar-refractivity contribution >= 4 is 11.6 Å². The van der Waals surface area contributed by atoms with Gasteiger partial charge in [-0.2, -0.15) is 0 Å². The fourth-order valence-corrected chi connectivity index (χ4v) is 4.26. The molecular formula is C26H30N4O. The molecular weight excluding hydrogens is 384 g/mol. The lowest BCUT2D eigenvalue weighted by molar-refractivity contribution is 0.0921. The Bertz CT molecular complexity index is 929. The van der Waals surface area contributed by atoms with Crippen LogP contribution in [0.15, 0.2) is 84.9 Å². The van der Waals surface area contributed by atoms with Crippen molar-refractivity contribution in [3.63, 3.8) is 0 Å². The van der Waals surface area contributed by atoms with Gasteiger partial charge in [-0.3, -0.25) is 14.6 Å². The fourth-order valence-electron chi connectivity index (χ4n) is 4.26. The lowest BCUT2D eigenvalue weighted by Crippen LogP contribution is -2.49. The van der Waals surface area contributed by atoms with Crippen LogP contribution in [0.1, 0.15) is 27.5 Å². The maximum Gasteiger partial charge on any atom is 0.253 e. The SMILES string of the molecule is Nc1ccccc1C(=O)NCCN1CCN(C(c2ccccc2)c2ccccc2)CC1. The molecule has 4 rings (SSSR count). The summed E-state index contributed by atoms with van der Waals surface area (Å²) in [5.41, 5.74) is 9.61. The number of nitrogens with one attached hydrogen (secondary N) is 1. The zero-order valence-corrected chi connectivity index (χ0v) is 17.8. The first kappa shape index (κ1) is 21.1. The van der Waals surface area contributed by atoms with Gasteiger partial charge in [0.15, 0.2) is 0 Å². The van der Waals surface area contributed by atoms with Crippen LogP contribution >= 0.6 is 0 Å².